The Balaban J connectivity index is 1.46. The van der Waals surface area contributed by atoms with Crippen molar-refractivity contribution in [1.82, 2.24) is 15.1 Å². The second kappa shape index (κ2) is 5.60. The second-order valence-corrected chi connectivity index (χ2v) is 7.68. The molecule has 0 bridgehead atoms. The van der Waals surface area contributed by atoms with Crippen molar-refractivity contribution in [2.45, 2.75) is 32.2 Å². The lowest BCUT2D eigenvalue weighted by Crippen LogP contribution is -2.37. The van der Waals surface area contributed by atoms with Gasteiger partial charge in [-0.2, -0.15) is 5.10 Å². The average Bonchev–Trinajstić information content (AvgIpc) is 3.27. The average molecular weight is 328 g/mol. The fraction of sp³-hybridized carbons (Fsp3) is 0.471. The molecule has 2 aromatic rings. The highest BCUT2D eigenvalue weighted by Crippen LogP contribution is 2.50. The third-order valence-electron chi connectivity index (χ3n) is 4.74. The Hall–Kier alpha value is -1.95. The van der Waals surface area contributed by atoms with Crippen molar-refractivity contribution in [1.29, 1.82) is 0 Å². The van der Waals surface area contributed by atoms with E-state index in [4.69, 9.17) is 0 Å². The number of fused-ring (bicyclic) bond motifs is 1. The molecule has 5 nitrogen and oxygen atoms in total. The molecule has 1 saturated carbocycles. The van der Waals surface area contributed by atoms with Crippen LogP contribution in [0.25, 0.3) is 0 Å². The van der Waals surface area contributed by atoms with Gasteiger partial charge in [-0.3, -0.25) is 4.79 Å². The molecule has 1 N–H and O–H groups in total. The van der Waals surface area contributed by atoms with Crippen LogP contribution in [0.1, 0.15) is 33.4 Å². The van der Waals surface area contributed by atoms with Gasteiger partial charge >= 0.3 is 0 Å². The number of aromatic nitrogens is 2. The van der Waals surface area contributed by atoms with E-state index in [9.17, 15) is 4.79 Å². The first-order valence-corrected chi connectivity index (χ1v) is 8.85. The van der Waals surface area contributed by atoms with Gasteiger partial charge in [-0.15, -0.1) is 16.4 Å². The molecule has 1 aliphatic heterocycles. The highest BCUT2D eigenvalue weighted by molar-refractivity contribution is 7.12. The summed E-state index contributed by atoms with van der Waals surface area (Å²) >= 11 is 1.82. The minimum absolute atomic E-state index is 0.174. The van der Waals surface area contributed by atoms with Gasteiger partial charge in [0.1, 0.15) is 5.82 Å². The lowest BCUT2D eigenvalue weighted by molar-refractivity contribution is -0.133. The smallest absolute Gasteiger partial charge is 0.226 e. The highest BCUT2D eigenvalue weighted by atomic mass is 32.1. The van der Waals surface area contributed by atoms with Crippen LogP contribution in [0.3, 0.4) is 0 Å². The van der Waals surface area contributed by atoms with E-state index in [-0.39, 0.29) is 5.92 Å². The molecule has 2 aromatic heterocycles. The zero-order valence-electron chi connectivity index (χ0n) is 13.4. The topological polar surface area (TPSA) is 58.1 Å². The summed E-state index contributed by atoms with van der Waals surface area (Å²) in [5.41, 5.74) is 2.14. The summed E-state index contributed by atoms with van der Waals surface area (Å²) in [7, 11) is 1.83. The third-order valence-corrected chi connectivity index (χ3v) is 5.87. The number of nitrogens with zero attached hydrogens (tertiary/aromatic N) is 3. The van der Waals surface area contributed by atoms with Crippen molar-refractivity contribution in [3.63, 3.8) is 0 Å². The van der Waals surface area contributed by atoms with Crippen LogP contribution in [-0.2, 0) is 17.8 Å². The van der Waals surface area contributed by atoms with Gasteiger partial charge in [-0.05, 0) is 37.1 Å². The number of aryl methyl sites for hydroxylation is 1. The maximum Gasteiger partial charge on any atom is 0.226 e. The first kappa shape index (κ1) is 14.6. The van der Waals surface area contributed by atoms with Crippen molar-refractivity contribution in [2.75, 3.05) is 18.9 Å². The van der Waals surface area contributed by atoms with Gasteiger partial charge in [-0.1, -0.05) is 0 Å². The molecule has 0 aromatic carbocycles. The molecule has 4 rings (SSSR count). The zero-order chi connectivity index (χ0) is 16.0. The first-order chi connectivity index (χ1) is 11.2. The molecule has 0 saturated heterocycles. The van der Waals surface area contributed by atoms with Crippen molar-refractivity contribution < 1.29 is 4.79 Å². The number of hydrogen-bond acceptors (Lipinski definition) is 5. The Kier molecular flexibility index (Phi) is 3.56. The Morgan fingerprint density at radius 3 is 3.00 bits per heavy atom. The number of carbonyl (C=O) groups is 1. The zero-order valence-corrected chi connectivity index (χ0v) is 14.2. The van der Waals surface area contributed by atoms with E-state index in [1.54, 1.807) is 0 Å². The SMILES string of the molecule is CNc1cc2c(nn1)CCN(C(=O)[C@@H]1C[C@@H]1c1ccc(C)s1)C2. The van der Waals surface area contributed by atoms with Gasteiger partial charge in [0.05, 0.1) is 5.69 Å². The summed E-state index contributed by atoms with van der Waals surface area (Å²) < 4.78 is 0. The van der Waals surface area contributed by atoms with E-state index >= 15 is 0 Å². The minimum atomic E-state index is 0.174. The maximum absolute atomic E-state index is 12.8. The summed E-state index contributed by atoms with van der Waals surface area (Å²) in [5.74, 6) is 1.67. The van der Waals surface area contributed by atoms with E-state index in [0.717, 1.165) is 36.5 Å². The van der Waals surface area contributed by atoms with Crippen LogP contribution < -0.4 is 5.32 Å². The van der Waals surface area contributed by atoms with Crippen LogP contribution in [0.4, 0.5) is 5.82 Å². The van der Waals surface area contributed by atoms with Crippen LogP contribution in [0, 0.1) is 12.8 Å². The van der Waals surface area contributed by atoms with E-state index < -0.39 is 0 Å². The van der Waals surface area contributed by atoms with Crippen LogP contribution in [0.15, 0.2) is 18.2 Å². The number of rotatable bonds is 3. The summed E-state index contributed by atoms with van der Waals surface area (Å²) in [6, 6.07) is 6.34. The molecule has 2 atom stereocenters. The molecule has 0 spiro atoms. The quantitative estimate of drug-likeness (QED) is 0.941. The van der Waals surface area contributed by atoms with Crippen molar-refractivity contribution in [3.05, 3.63) is 39.2 Å². The first-order valence-electron chi connectivity index (χ1n) is 8.04. The number of carbonyl (C=O) groups excluding carboxylic acids is 1. The van der Waals surface area contributed by atoms with Crippen LogP contribution in [-0.4, -0.2) is 34.6 Å². The molecule has 0 unspecified atom stereocenters. The second-order valence-electron chi connectivity index (χ2n) is 6.36. The molecule has 1 aliphatic carbocycles. The molecular weight excluding hydrogens is 308 g/mol. The number of hydrogen-bond donors (Lipinski definition) is 1. The Labute approximate surface area is 139 Å². The van der Waals surface area contributed by atoms with E-state index in [1.165, 1.54) is 9.75 Å². The number of thiophene rings is 1. The lowest BCUT2D eigenvalue weighted by Gasteiger charge is -2.28. The van der Waals surface area contributed by atoms with Crippen molar-refractivity contribution >= 4 is 23.1 Å². The molecular formula is C17H20N4OS. The van der Waals surface area contributed by atoms with E-state index in [1.807, 2.05) is 29.4 Å². The van der Waals surface area contributed by atoms with Crippen molar-refractivity contribution in [3.8, 4) is 0 Å². The summed E-state index contributed by atoms with van der Waals surface area (Å²) in [6.45, 7) is 3.53. The monoisotopic (exact) mass is 328 g/mol. The van der Waals surface area contributed by atoms with Crippen LogP contribution in [0.2, 0.25) is 0 Å². The van der Waals surface area contributed by atoms with Crippen LogP contribution in [0.5, 0.6) is 0 Å². The Morgan fingerprint density at radius 1 is 1.39 bits per heavy atom. The van der Waals surface area contributed by atoms with Gasteiger partial charge in [-0.25, -0.2) is 0 Å². The maximum atomic E-state index is 12.8. The molecule has 1 fully saturated rings. The fourth-order valence-electron chi connectivity index (χ4n) is 3.31. The Bertz CT molecular complexity index is 757. The van der Waals surface area contributed by atoms with Crippen molar-refractivity contribution in [2.24, 2.45) is 5.92 Å². The lowest BCUT2D eigenvalue weighted by atomic mass is 10.1. The van der Waals surface area contributed by atoms with Gasteiger partial charge in [0.2, 0.25) is 5.91 Å². The minimum Gasteiger partial charge on any atom is -0.372 e. The normalized spacial score (nSPS) is 22.6. The summed E-state index contributed by atoms with van der Waals surface area (Å²) in [4.78, 5) is 17.5. The standard InChI is InChI=1S/C17H20N4OS/c1-10-3-4-15(23-10)12-8-13(12)17(22)21-6-5-14-11(9-21)7-16(18-2)20-19-14/h3-4,7,12-13H,5-6,8-9H2,1-2H3,(H,18,20)/t12-,13+/m0/s1. The van der Waals surface area contributed by atoms with Gasteiger partial charge in [0.25, 0.3) is 0 Å². The van der Waals surface area contributed by atoms with E-state index in [2.05, 4.69) is 34.6 Å². The summed E-state index contributed by atoms with van der Waals surface area (Å²) in [6.07, 6.45) is 1.80. The Morgan fingerprint density at radius 2 is 2.26 bits per heavy atom. The third kappa shape index (κ3) is 2.72. The largest absolute Gasteiger partial charge is 0.372 e. The molecule has 6 heteroatoms. The summed E-state index contributed by atoms with van der Waals surface area (Å²) in [5, 5.41) is 11.4. The fourth-order valence-corrected chi connectivity index (χ4v) is 4.36. The molecule has 0 radical (unpaired) electrons. The number of nitrogens with one attached hydrogen (secondary N) is 1. The predicted octanol–water partition coefficient (Wildman–Crippen LogP) is 2.58. The molecule has 23 heavy (non-hydrogen) atoms. The molecule has 120 valence electrons. The van der Waals surface area contributed by atoms with Gasteiger partial charge in [0.15, 0.2) is 0 Å². The van der Waals surface area contributed by atoms with Gasteiger partial charge < -0.3 is 10.2 Å². The molecule has 1 amide bonds. The molecule has 2 aliphatic rings. The highest BCUT2D eigenvalue weighted by Gasteiger charge is 2.46. The number of anilines is 1. The predicted molar refractivity (Wildman–Crippen MR) is 90.6 cm³/mol. The van der Waals surface area contributed by atoms with Crippen LogP contribution >= 0.6 is 11.3 Å². The van der Waals surface area contributed by atoms with Gasteiger partial charge in [0, 0.05) is 48.1 Å². The molecule has 3 heterocycles. The van der Waals surface area contributed by atoms with E-state index in [0.29, 0.717) is 18.4 Å². The number of amides is 1.